The average Bonchev–Trinajstić information content (AvgIpc) is 2.45. The predicted octanol–water partition coefficient (Wildman–Crippen LogP) is 1.00. The predicted molar refractivity (Wildman–Crippen MR) is 74.7 cm³/mol. The number of rotatable bonds is 8. The molecule has 0 unspecified atom stereocenters. The molecule has 0 fully saturated rings. The van der Waals surface area contributed by atoms with E-state index in [0.29, 0.717) is 18.7 Å². The Morgan fingerprint density at radius 2 is 1.89 bits per heavy atom. The number of likely N-dealkylation sites (N-methyl/N-ethyl adjacent to an activating group) is 1. The fraction of sp³-hybridized carbons (Fsp3) is 0.500. The molecule has 0 saturated carbocycles. The highest BCUT2D eigenvalue weighted by atomic mass is 16.5. The molecule has 1 N–H and O–H groups in total. The van der Waals surface area contributed by atoms with E-state index in [0.717, 1.165) is 18.8 Å². The van der Waals surface area contributed by atoms with Gasteiger partial charge in [0.15, 0.2) is 0 Å². The molecule has 0 aromatic heterocycles. The zero-order chi connectivity index (χ0) is 14.1. The number of benzene rings is 1. The van der Waals surface area contributed by atoms with Crippen molar-refractivity contribution in [1.29, 1.82) is 0 Å². The van der Waals surface area contributed by atoms with Crippen molar-refractivity contribution in [2.75, 3.05) is 47.5 Å². The molecule has 0 spiro atoms. The molecule has 0 atom stereocenters. The monoisotopic (exact) mass is 266 g/mol. The van der Waals surface area contributed by atoms with E-state index < -0.39 is 0 Å². The molecule has 1 aromatic rings. The third-order valence-corrected chi connectivity index (χ3v) is 2.81. The third-order valence-electron chi connectivity index (χ3n) is 2.81. The van der Waals surface area contributed by atoms with Crippen LogP contribution in [0, 0.1) is 0 Å². The number of nitrogens with zero attached hydrogens (tertiary/aromatic N) is 1. The second-order valence-corrected chi connectivity index (χ2v) is 4.28. The lowest BCUT2D eigenvalue weighted by Gasteiger charge is -2.16. The van der Waals surface area contributed by atoms with Gasteiger partial charge in [0.05, 0.1) is 13.7 Å². The maximum absolute atomic E-state index is 11.8. The molecule has 0 saturated heterocycles. The van der Waals surface area contributed by atoms with Crippen LogP contribution in [0.3, 0.4) is 0 Å². The summed E-state index contributed by atoms with van der Waals surface area (Å²) in [7, 11) is 5.28. The van der Waals surface area contributed by atoms with Crippen LogP contribution in [-0.4, -0.2) is 58.3 Å². The summed E-state index contributed by atoms with van der Waals surface area (Å²) in [5.41, 5.74) is 0.639. The van der Waals surface area contributed by atoms with Crippen LogP contribution in [0.15, 0.2) is 24.3 Å². The van der Waals surface area contributed by atoms with Crippen LogP contribution >= 0.6 is 0 Å². The fourth-order valence-electron chi connectivity index (χ4n) is 1.56. The van der Waals surface area contributed by atoms with Crippen LogP contribution in [-0.2, 0) is 4.74 Å². The van der Waals surface area contributed by atoms with Crippen molar-refractivity contribution in [3.63, 3.8) is 0 Å². The van der Waals surface area contributed by atoms with Crippen molar-refractivity contribution >= 4 is 5.91 Å². The number of methoxy groups -OCH3 is 2. The van der Waals surface area contributed by atoms with Gasteiger partial charge in [-0.2, -0.15) is 0 Å². The Morgan fingerprint density at radius 1 is 1.21 bits per heavy atom. The topological polar surface area (TPSA) is 50.8 Å². The molecule has 5 heteroatoms. The number of ether oxygens (including phenoxy) is 2. The summed E-state index contributed by atoms with van der Waals surface area (Å²) in [4.78, 5) is 14.0. The first-order valence-corrected chi connectivity index (χ1v) is 6.27. The molecule has 5 nitrogen and oxygen atoms in total. The van der Waals surface area contributed by atoms with E-state index in [-0.39, 0.29) is 5.91 Å². The summed E-state index contributed by atoms with van der Waals surface area (Å²) < 4.78 is 10.0. The highest BCUT2D eigenvalue weighted by Crippen LogP contribution is 2.10. The van der Waals surface area contributed by atoms with Gasteiger partial charge in [0, 0.05) is 32.3 Å². The zero-order valence-electron chi connectivity index (χ0n) is 11.8. The Kier molecular flexibility index (Phi) is 6.92. The van der Waals surface area contributed by atoms with Crippen molar-refractivity contribution in [3.05, 3.63) is 29.8 Å². The van der Waals surface area contributed by atoms with Gasteiger partial charge >= 0.3 is 0 Å². The van der Waals surface area contributed by atoms with Crippen molar-refractivity contribution < 1.29 is 14.3 Å². The molecule has 0 heterocycles. The SMILES string of the molecule is COCCN(C)CCNC(=O)c1ccc(OC)cc1. The number of hydrogen-bond acceptors (Lipinski definition) is 4. The van der Waals surface area contributed by atoms with Gasteiger partial charge in [0.1, 0.15) is 5.75 Å². The molecule has 1 rings (SSSR count). The molecule has 0 aliphatic rings. The molecule has 1 amide bonds. The number of nitrogens with one attached hydrogen (secondary N) is 1. The molecule has 19 heavy (non-hydrogen) atoms. The Labute approximate surface area is 114 Å². The van der Waals surface area contributed by atoms with E-state index in [1.807, 2.05) is 7.05 Å². The highest BCUT2D eigenvalue weighted by molar-refractivity contribution is 5.94. The fourth-order valence-corrected chi connectivity index (χ4v) is 1.56. The van der Waals surface area contributed by atoms with Crippen molar-refractivity contribution in [3.8, 4) is 5.75 Å². The van der Waals surface area contributed by atoms with Gasteiger partial charge in [-0.05, 0) is 31.3 Å². The number of carbonyl (C=O) groups is 1. The van der Waals surface area contributed by atoms with Crippen LogP contribution < -0.4 is 10.1 Å². The Bertz CT molecular complexity index is 379. The minimum absolute atomic E-state index is 0.0669. The average molecular weight is 266 g/mol. The van der Waals surface area contributed by atoms with E-state index in [9.17, 15) is 4.79 Å². The smallest absolute Gasteiger partial charge is 0.251 e. The highest BCUT2D eigenvalue weighted by Gasteiger charge is 2.05. The lowest BCUT2D eigenvalue weighted by molar-refractivity contribution is 0.0947. The van der Waals surface area contributed by atoms with Gasteiger partial charge < -0.3 is 19.7 Å². The van der Waals surface area contributed by atoms with Gasteiger partial charge in [0.2, 0.25) is 0 Å². The van der Waals surface area contributed by atoms with Crippen LogP contribution in [0.2, 0.25) is 0 Å². The third kappa shape index (κ3) is 5.72. The first-order chi connectivity index (χ1) is 9.17. The van der Waals surface area contributed by atoms with E-state index in [2.05, 4.69) is 10.2 Å². The second-order valence-electron chi connectivity index (χ2n) is 4.28. The number of carbonyl (C=O) groups excluding carboxylic acids is 1. The van der Waals surface area contributed by atoms with Gasteiger partial charge in [-0.1, -0.05) is 0 Å². The second kappa shape index (κ2) is 8.50. The van der Waals surface area contributed by atoms with Gasteiger partial charge in [-0.3, -0.25) is 4.79 Å². The number of hydrogen-bond donors (Lipinski definition) is 1. The minimum atomic E-state index is -0.0669. The van der Waals surface area contributed by atoms with Crippen molar-refractivity contribution in [2.45, 2.75) is 0 Å². The molecule has 0 aliphatic carbocycles. The number of amides is 1. The maximum Gasteiger partial charge on any atom is 0.251 e. The van der Waals surface area contributed by atoms with Crippen molar-refractivity contribution in [2.24, 2.45) is 0 Å². The zero-order valence-corrected chi connectivity index (χ0v) is 11.8. The molecule has 0 aliphatic heterocycles. The van der Waals surface area contributed by atoms with Crippen LogP contribution in [0.25, 0.3) is 0 Å². The summed E-state index contributed by atoms with van der Waals surface area (Å²) in [5, 5.41) is 2.88. The quantitative estimate of drug-likeness (QED) is 0.763. The summed E-state index contributed by atoms with van der Waals surface area (Å²) in [5.74, 6) is 0.679. The van der Waals surface area contributed by atoms with E-state index in [1.165, 1.54) is 0 Å². The molecule has 0 radical (unpaired) electrons. The summed E-state index contributed by atoms with van der Waals surface area (Å²) >= 11 is 0. The summed E-state index contributed by atoms with van der Waals surface area (Å²) in [6, 6.07) is 7.06. The van der Waals surface area contributed by atoms with Gasteiger partial charge in [-0.15, -0.1) is 0 Å². The lowest BCUT2D eigenvalue weighted by Crippen LogP contribution is -2.34. The van der Waals surface area contributed by atoms with Gasteiger partial charge in [-0.25, -0.2) is 0 Å². The Hall–Kier alpha value is -1.59. The van der Waals surface area contributed by atoms with E-state index in [1.54, 1.807) is 38.5 Å². The molecule has 1 aromatic carbocycles. The molecule has 106 valence electrons. The largest absolute Gasteiger partial charge is 0.497 e. The maximum atomic E-state index is 11.8. The first-order valence-electron chi connectivity index (χ1n) is 6.27. The van der Waals surface area contributed by atoms with E-state index in [4.69, 9.17) is 9.47 Å². The van der Waals surface area contributed by atoms with E-state index >= 15 is 0 Å². The Balaban J connectivity index is 2.30. The molecular formula is C14H22N2O3. The summed E-state index contributed by atoms with van der Waals surface area (Å²) in [6.45, 7) is 2.97. The summed E-state index contributed by atoms with van der Waals surface area (Å²) in [6.07, 6.45) is 0. The van der Waals surface area contributed by atoms with Crippen LogP contribution in [0.1, 0.15) is 10.4 Å². The standard InChI is InChI=1S/C14H22N2O3/c1-16(10-11-18-2)9-8-15-14(17)12-4-6-13(19-3)7-5-12/h4-7H,8-11H2,1-3H3,(H,15,17). The Morgan fingerprint density at radius 3 is 2.47 bits per heavy atom. The van der Waals surface area contributed by atoms with Crippen LogP contribution in [0.4, 0.5) is 0 Å². The van der Waals surface area contributed by atoms with Gasteiger partial charge in [0.25, 0.3) is 5.91 Å². The normalized spacial score (nSPS) is 10.5. The molecule has 0 bridgehead atoms. The molecular weight excluding hydrogens is 244 g/mol. The lowest BCUT2D eigenvalue weighted by atomic mass is 10.2. The van der Waals surface area contributed by atoms with Crippen molar-refractivity contribution in [1.82, 2.24) is 10.2 Å². The minimum Gasteiger partial charge on any atom is -0.497 e. The first kappa shape index (κ1) is 15.5. The van der Waals surface area contributed by atoms with Crippen LogP contribution in [0.5, 0.6) is 5.75 Å².